The van der Waals surface area contributed by atoms with Gasteiger partial charge in [0.1, 0.15) is 5.82 Å². The second-order valence-corrected chi connectivity index (χ2v) is 9.09. The van der Waals surface area contributed by atoms with E-state index >= 15 is 0 Å². The second kappa shape index (κ2) is 10.4. The monoisotopic (exact) mass is 490 g/mol. The van der Waals surface area contributed by atoms with Gasteiger partial charge >= 0.3 is 6.55 Å². The number of hydrogen-bond acceptors (Lipinski definition) is 5. The number of piperazine rings is 1. The fourth-order valence-electron chi connectivity index (χ4n) is 4.42. The number of halogens is 2. The SMILES string of the molecule is CN1CCN(c2cc(C(=O)N/C3=C/c4cc(-c5cnn(C(F)F)c5)ccc4/C=C\CC3)ccn2)CC1. The van der Waals surface area contributed by atoms with Crippen molar-refractivity contribution in [3.63, 3.8) is 0 Å². The predicted molar refractivity (Wildman–Crippen MR) is 137 cm³/mol. The zero-order chi connectivity index (χ0) is 25.1. The Labute approximate surface area is 208 Å². The highest BCUT2D eigenvalue weighted by molar-refractivity contribution is 5.96. The maximum atomic E-state index is 13.2. The van der Waals surface area contributed by atoms with E-state index in [1.807, 2.05) is 36.4 Å². The minimum atomic E-state index is -2.68. The van der Waals surface area contributed by atoms with E-state index in [4.69, 9.17) is 0 Å². The van der Waals surface area contributed by atoms with Gasteiger partial charge in [-0.3, -0.25) is 4.79 Å². The van der Waals surface area contributed by atoms with Crippen LogP contribution in [0.2, 0.25) is 0 Å². The van der Waals surface area contributed by atoms with Gasteiger partial charge in [0.2, 0.25) is 0 Å². The van der Waals surface area contributed by atoms with Crippen molar-refractivity contribution in [3.05, 3.63) is 77.4 Å². The number of amides is 1. The summed E-state index contributed by atoms with van der Waals surface area (Å²) >= 11 is 0. The molecule has 2 aliphatic rings. The second-order valence-electron chi connectivity index (χ2n) is 9.09. The minimum absolute atomic E-state index is 0.181. The van der Waals surface area contributed by atoms with Gasteiger partial charge in [-0.05, 0) is 60.9 Å². The Bertz CT molecular complexity index is 1310. The van der Waals surface area contributed by atoms with Gasteiger partial charge in [-0.25, -0.2) is 9.67 Å². The average molecular weight is 491 g/mol. The highest BCUT2D eigenvalue weighted by Gasteiger charge is 2.18. The molecule has 1 aliphatic carbocycles. The number of alkyl halides is 2. The number of carbonyl (C=O) groups excluding carboxylic acids is 1. The molecule has 9 heteroatoms. The van der Waals surface area contributed by atoms with Crippen LogP contribution < -0.4 is 10.2 Å². The van der Waals surface area contributed by atoms with Crippen molar-refractivity contribution in [2.24, 2.45) is 0 Å². The highest BCUT2D eigenvalue weighted by Crippen LogP contribution is 2.27. The van der Waals surface area contributed by atoms with E-state index in [0.29, 0.717) is 22.2 Å². The summed E-state index contributed by atoms with van der Waals surface area (Å²) in [6.07, 6.45) is 12.0. The number of pyridine rings is 1. The van der Waals surface area contributed by atoms with Crippen LogP contribution in [0.1, 0.15) is 40.9 Å². The number of likely N-dealkylation sites (N-methyl/N-ethyl adjacent to an activating group) is 1. The molecule has 1 amide bonds. The maximum Gasteiger partial charge on any atom is 0.333 e. The molecule has 1 saturated heterocycles. The summed E-state index contributed by atoms with van der Waals surface area (Å²) in [7, 11) is 2.10. The Kier molecular flexibility index (Phi) is 6.90. The fourth-order valence-corrected chi connectivity index (χ4v) is 4.42. The number of benzene rings is 1. The van der Waals surface area contributed by atoms with E-state index < -0.39 is 6.55 Å². The number of fused-ring (bicyclic) bond motifs is 1. The molecule has 2 aromatic heterocycles. The van der Waals surface area contributed by atoms with Gasteiger partial charge < -0.3 is 15.1 Å². The first-order valence-electron chi connectivity index (χ1n) is 12.0. The number of nitrogens with one attached hydrogen (secondary N) is 1. The quantitative estimate of drug-likeness (QED) is 0.563. The summed E-state index contributed by atoms with van der Waals surface area (Å²) in [6.45, 7) is 0.992. The van der Waals surface area contributed by atoms with Crippen molar-refractivity contribution in [2.75, 3.05) is 38.1 Å². The standard InChI is InChI=1S/C27H28F2N6O/c1-33-10-12-34(13-11-33)25-16-21(8-9-30-25)26(36)32-24-5-3-2-4-19-6-7-20(14-22(19)15-24)23-17-31-35(18-23)27(28)29/h2,4,6-9,14-18,27H,3,5,10-13H2,1H3,(H,32,36)/b4-2-,24-15+. The topological polar surface area (TPSA) is 66.3 Å². The molecule has 0 unspecified atom stereocenters. The van der Waals surface area contributed by atoms with Gasteiger partial charge in [0.05, 0.1) is 6.20 Å². The van der Waals surface area contributed by atoms with Crippen molar-refractivity contribution in [2.45, 2.75) is 19.4 Å². The molecule has 5 rings (SSSR count). The number of rotatable bonds is 5. The molecule has 186 valence electrons. The fraction of sp³-hybridized carbons (Fsp3) is 0.296. The lowest BCUT2D eigenvalue weighted by atomic mass is 9.97. The molecule has 0 bridgehead atoms. The Balaban J connectivity index is 1.37. The van der Waals surface area contributed by atoms with Gasteiger partial charge in [-0.1, -0.05) is 24.3 Å². The zero-order valence-corrected chi connectivity index (χ0v) is 20.1. The van der Waals surface area contributed by atoms with Crippen LogP contribution in [-0.2, 0) is 0 Å². The zero-order valence-electron chi connectivity index (χ0n) is 20.1. The van der Waals surface area contributed by atoms with E-state index in [1.165, 1.54) is 12.4 Å². The normalized spacial score (nSPS) is 18.7. The summed E-state index contributed by atoms with van der Waals surface area (Å²) in [6, 6.07) is 9.34. The Morgan fingerprint density at radius 1 is 1.06 bits per heavy atom. The number of allylic oxidation sites excluding steroid dienone is 2. The largest absolute Gasteiger partial charge is 0.354 e. The third-order valence-corrected chi connectivity index (χ3v) is 6.54. The lowest BCUT2D eigenvalue weighted by Gasteiger charge is -2.33. The molecule has 0 saturated carbocycles. The van der Waals surface area contributed by atoms with Gasteiger partial charge in [0, 0.05) is 55.4 Å². The van der Waals surface area contributed by atoms with Gasteiger partial charge in [-0.15, -0.1) is 0 Å². The Hall–Kier alpha value is -3.85. The minimum Gasteiger partial charge on any atom is -0.354 e. The first-order valence-corrected chi connectivity index (χ1v) is 12.0. The van der Waals surface area contributed by atoms with Crippen molar-refractivity contribution in [1.29, 1.82) is 0 Å². The predicted octanol–water partition coefficient (Wildman–Crippen LogP) is 4.67. The number of carbonyl (C=O) groups is 1. The number of hydrogen-bond donors (Lipinski definition) is 1. The molecular weight excluding hydrogens is 462 g/mol. The Morgan fingerprint density at radius 2 is 1.89 bits per heavy atom. The summed E-state index contributed by atoms with van der Waals surface area (Å²) < 4.78 is 26.6. The number of nitrogens with zero attached hydrogens (tertiary/aromatic N) is 5. The van der Waals surface area contributed by atoms with Crippen LogP contribution in [0.5, 0.6) is 0 Å². The molecule has 1 N–H and O–H groups in total. The summed E-state index contributed by atoms with van der Waals surface area (Å²) in [5.74, 6) is 0.629. The van der Waals surface area contributed by atoms with Crippen molar-refractivity contribution in [3.8, 4) is 11.1 Å². The van der Waals surface area contributed by atoms with E-state index in [0.717, 1.165) is 60.8 Å². The lowest BCUT2D eigenvalue weighted by Crippen LogP contribution is -2.44. The Morgan fingerprint density at radius 3 is 2.67 bits per heavy atom. The third-order valence-electron chi connectivity index (χ3n) is 6.54. The summed E-state index contributed by atoms with van der Waals surface area (Å²) in [5, 5.41) is 6.82. The molecular formula is C27H28F2N6O. The first kappa shape index (κ1) is 23.9. The average Bonchev–Trinajstić information content (AvgIpc) is 3.37. The van der Waals surface area contributed by atoms with Crippen LogP contribution in [0.15, 0.2) is 60.7 Å². The molecule has 3 aromatic rings. The summed E-state index contributed by atoms with van der Waals surface area (Å²) in [4.78, 5) is 22.1. The van der Waals surface area contributed by atoms with Crippen molar-refractivity contribution in [1.82, 2.24) is 25.0 Å². The number of aromatic nitrogens is 3. The van der Waals surface area contributed by atoms with E-state index in [9.17, 15) is 13.6 Å². The molecule has 0 atom stereocenters. The van der Waals surface area contributed by atoms with Crippen LogP contribution in [-0.4, -0.2) is 58.8 Å². The van der Waals surface area contributed by atoms with E-state index in [1.54, 1.807) is 12.3 Å². The van der Waals surface area contributed by atoms with Gasteiger partial charge in [0.15, 0.2) is 0 Å². The first-order chi connectivity index (χ1) is 17.5. The van der Waals surface area contributed by atoms with Crippen LogP contribution >= 0.6 is 0 Å². The maximum absolute atomic E-state index is 13.2. The third kappa shape index (κ3) is 5.36. The molecule has 1 aliphatic heterocycles. The van der Waals surface area contributed by atoms with Crippen LogP contribution in [0, 0.1) is 0 Å². The molecule has 1 aromatic carbocycles. The van der Waals surface area contributed by atoms with Gasteiger partial charge in [-0.2, -0.15) is 13.9 Å². The van der Waals surface area contributed by atoms with Crippen molar-refractivity contribution >= 4 is 23.9 Å². The molecule has 7 nitrogen and oxygen atoms in total. The van der Waals surface area contributed by atoms with Crippen LogP contribution in [0.25, 0.3) is 23.3 Å². The van der Waals surface area contributed by atoms with Crippen molar-refractivity contribution < 1.29 is 13.6 Å². The molecule has 3 heterocycles. The highest BCUT2D eigenvalue weighted by atomic mass is 19.3. The van der Waals surface area contributed by atoms with E-state index in [2.05, 4.69) is 38.3 Å². The molecule has 1 fully saturated rings. The molecule has 0 radical (unpaired) electrons. The van der Waals surface area contributed by atoms with E-state index in [-0.39, 0.29) is 5.91 Å². The molecule has 36 heavy (non-hydrogen) atoms. The smallest absolute Gasteiger partial charge is 0.333 e. The van der Waals surface area contributed by atoms with Crippen LogP contribution in [0.3, 0.4) is 0 Å². The summed E-state index contributed by atoms with van der Waals surface area (Å²) in [5.41, 5.74) is 4.64. The van der Waals surface area contributed by atoms with Crippen LogP contribution in [0.4, 0.5) is 14.6 Å². The number of anilines is 1. The lowest BCUT2D eigenvalue weighted by molar-refractivity contribution is 0.0566. The molecule has 0 spiro atoms. The van der Waals surface area contributed by atoms with Gasteiger partial charge in [0.25, 0.3) is 5.91 Å².